The number of halogens is 1. The molecule has 1 N–H and O–H groups in total. The van der Waals surface area contributed by atoms with Gasteiger partial charge in [0.25, 0.3) is 5.91 Å². The van der Waals surface area contributed by atoms with E-state index in [1.165, 1.54) is 4.31 Å². The minimum absolute atomic E-state index is 0.00381. The molecule has 1 amide bonds. The molecule has 27 heavy (non-hydrogen) atoms. The molecule has 2 aromatic carbocycles. The fraction of sp³-hybridized carbons (Fsp3) is 0.350. The number of amides is 1. The van der Waals surface area contributed by atoms with E-state index in [1.807, 2.05) is 12.1 Å². The molecular weight excluding hydrogens is 384 g/mol. The van der Waals surface area contributed by atoms with E-state index in [-0.39, 0.29) is 28.4 Å². The van der Waals surface area contributed by atoms with Gasteiger partial charge in [0.2, 0.25) is 10.0 Å². The summed E-state index contributed by atoms with van der Waals surface area (Å²) in [5.74, 6) is -0.0770. The molecule has 142 valence electrons. The van der Waals surface area contributed by atoms with E-state index in [0.717, 1.165) is 31.2 Å². The highest BCUT2D eigenvalue weighted by Gasteiger charge is 2.38. The molecule has 0 saturated heterocycles. The molecule has 2 fully saturated rings. The summed E-state index contributed by atoms with van der Waals surface area (Å²) in [6, 6.07) is 14.0. The second-order valence-corrected chi connectivity index (χ2v) is 9.42. The van der Waals surface area contributed by atoms with Crippen molar-refractivity contribution < 1.29 is 13.2 Å². The molecule has 2 aliphatic rings. The molecule has 0 aliphatic heterocycles. The first-order valence-electron chi connectivity index (χ1n) is 9.11. The Hall–Kier alpha value is -1.89. The summed E-state index contributed by atoms with van der Waals surface area (Å²) in [6.07, 6.45) is 3.79. The summed E-state index contributed by atoms with van der Waals surface area (Å²) >= 11 is 6.13. The Morgan fingerprint density at radius 1 is 1.04 bits per heavy atom. The number of hydrogen-bond acceptors (Lipinski definition) is 3. The van der Waals surface area contributed by atoms with E-state index in [1.54, 1.807) is 36.4 Å². The third-order valence-corrected chi connectivity index (χ3v) is 7.24. The lowest BCUT2D eigenvalue weighted by Crippen LogP contribution is -2.33. The summed E-state index contributed by atoms with van der Waals surface area (Å²) in [4.78, 5) is 12.2. The molecule has 2 aromatic rings. The zero-order valence-electron chi connectivity index (χ0n) is 14.8. The van der Waals surface area contributed by atoms with E-state index < -0.39 is 10.0 Å². The zero-order valence-corrected chi connectivity index (χ0v) is 16.3. The lowest BCUT2D eigenvalue weighted by atomic mass is 10.1. The smallest absolute Gasteiger partial charge is 0.251 e. The first kappa shape index (κ1) is 18.5. The molecular formula is C20H21ClN2O3S. The molecule has 4 rings (SSSR count). The van der Waals surface area contributed by atoms with Gasteiger partial charge in [-0.15, -0.1) is 0 Å². The van der Waals surface area contributed by atoms with Gasteiger partial charge < -0.3 is 5.32 Å². The van der Waals surface area contributed by atoms with Gasteiger partial charge in [-0.3, -0.25) is 4.79 Å². The molecule has 0 unspecified atom stereocenters. The normalized spacial score (nSPS) is 17.1. The van der Waals surface area contributed by atoms with Crippen LogP contribution in [-0.2, 0) is 16.6 Å². The van der Waals surface area contributed by atoms with Crippen LogP contribution in [-0.4, -0.2) is 30.7 Å². The summed E-state index contributed by atoms with van der Waals surface area (Å²) in [7, 11) is -3.68. The van der Waals surface area contributed by atoms with Crippen molar-refractivity contribution in [3.05, 3.63) is 64.7 Å². The predicted octanol–water partition coefficient (Wildman–Crippen LogP) is 3.59. The third-order valence-electron chi connectivity index (χ3n) is 4.84. The second-order valence-electron chi connectivity index (χ2n) is 7.16. The van der Waals surface area contributed by atoms with Crippen molar-refractivity contribution in [1.82, 2.24) is 9.62 Å². The molecule has 0 atom stereocenters. The van der Waals surface area contributed by atoms with Gasteiger partial charge in [-0.05, 0) is 55.5 Å². The van der Waals surface area contributed by atoms with Crippen LogP contribution in [0.1, 0.15) is 41.6 Å². The van der Waals surface area contributed by atoms with Crippen molar-refractivity contribution in [2.24, 2.45) is 0 Å². The Morgan fingerprint density at radius 3 is 2.30 bits per heavy atom. The third kappa shape index (κ3) is 4.18. The van der Waals surface area contributed by atoms with Gasteiger partial charge in [-0.2, -0.15) is 4.31 Å². The van der Waals surface area contributed by atoms with Gasteiger partial charge in [0.05, 0.1) is 5.02 Å². The standard InChI is InChI=1S/C20H21ClN2O3S/c21-18-3-1-2-4-19(18)27(25,26)23(17-11-12-17)13-14-5-7-15(8-6-14)20(24)22-16-9-10-16/h1-8,16-17H,9-13H2,(H,22,24). The number of carbonyl (C=O) groups excluding carboxylic acids is 1. The highest BCUT2D eigenvalue weighted by atomic mass is 35.5. The molecule has 2 aliphatic carbocycles. The van der Waals surface area contributed by atoms with Crippen molar-refractivity contribution in [2.45, 2.75) is 49.2 Å². The zero-order chi connectivity index (χ0) is 19.0. The SMILES string of the molecule is O=C(NC1CC1)c1ccc(CN(C2CC2)S(=O)(=O)c2ccccc2Cl)cc1. The Kier molecular flexibility index (Phi) is 4.97. The molecule has 0 spiro atoms. The quantitative estimate of drug-likeness (QED) is 0.766. The first-order chi connectivity index (χ1) is 12.9. The average molecular weight is 405 g/mol. The number of nitrogens with one attached hydrogen (secondary N) is 1. The monoisotopic (exact) mass is 404 g/mol. The van der Waals surface area contributed by atoms with Gasteiger partial charge in [-0.25, -0.2) is 8.42 Å². The van der Waals surface area contributed by atoms with Crippen LogP contribution in [0, 0.1) is 0 Å². The van der Waals surface area contributed by atoms with Crippen LogP contribution in [0.2, 0.25) is 5.02 Å². The number of sulfonamides is 1. The van der Waals surface area contributed by atoms with Crippen LogP contribution in [0.4, 0.5) is 0 Å². The second kappa shape index (κ2) is 7.26. The van der Waals surface area contributed by atoms with Crippen molar-refractivity contribution in [1.29, 1.82) is 0 Å². The van der Waals surface area contributed by atoms with Gasteiger partial charge in [0, 0.05) is 24.2 Å². The van der Waals surface area contributed by atoms with Crippen molar-refractivity contribution >= 4 is 27.5 Å². The largest absolute Gasteiger partial charge is 0.349 e. The first-order valence-corrected chi connectivity index (χ1v) is 10.9. The number of benzene rings is 2. The number of carbonyl (C=O) groups is 1. The van der Waals surface area contributed by atoms with Crippen LogP contribution < -0.4 is 5.32 Å². The molecule has 2 saturated carbocycles. The summed E-state index contributed by atoms with van der Waals surface area (Å²) < 4.78 is 27.8. The molecule has 5 nitrogen and oxygen atoms in total. The van der Waals surface area contributed by atoms with Gasteiger partial charge >= 0.3 is 0 Å². The van der Waals surface area contributed by atoms with Crippen molar-refractivity contribution in [3.63, 3.8) is 0 Å². The Morgan fingerprint density at radius 2 is 1.70 bits per heavy atom. The molecule has 0 aromatic heterocycles. The fourth-order valence-corrected chi connectivity index (χ4v) is 5.16. The van der Waals surface area contributed by atoms with E-state index in [4.69, 9.17) is 11.6 Å². The van der Waals surface area contributed by atoms with Crippen molar-refractivity contribution in [3.8, 4) is 0 Å². The molecule has 7 heteroatoms. The topological polar surface area (TPSA) is 66.5 Å². The van der Waals surface area contributed by atoms with Gasteiger partial charge in [0.1, 0.15) is 4.90 Å². The Bertz CT molecular complexity index is 951. The number of hydrogen-bond donors (Lipinski definition) is 1. The lowest BCUT2D eigenvalue weighted by Gasteiger charge is -2.22. The molecule has 0 radical (unpaired) electrons. The average Bonchev–Trinajstić information content (AvgIpc) is 3.55. The number of nitrogens with zero attached hydrogens (tertiary/aromatic N) is 1. The molecule has 0 bridgehead atoms. The van der Waals surface area contributed by atoms with E-state index >= 15 is 0 Å². The summed E-state index contributed by atoms with van der Waals surface area (Å²) in [5.41, 5.74) is 1.44. The highest BCUT2D eigenvalue weighted by molar-refractivity contribution is 7.89. The van der Waals surface area contributed by atoms with Crippen LogP contribution in [0.25, 0.3) is 0 Å². The van der Waals surface area contributed by atoms with Crippen LogP contribution in [0.15, 0.2) is 53.4 Å². The van der Waals surface area contributed by atoms with Crippen LogP contribution >= 0.6 is 11.6 Å². The predicted molar refractivity (Wildman–Crippen MR) is 104 cm³/mol. The number of rotatable bonds is 7. The van der Waals surface area contributed by atoms with Crippen molar-refractivity contribution in [2.75, 3.05) is 0 Å². The van der Waals surface area contributed by atoms with Gasteiger partial charge in [-0.1, -0.05) is 35.9 Å². The van der Waals surface area contributed by atoms with E-state index in [2.05, 4.69) is 5.32 Å². The highest BCUT2D eigenvalue weighted by Crippen LogP contribution is 2.35. The summed E-state index contributed by atoms with van der Waals surface area (Å²) in [5, 5.41) is 3.18. The lowest BCUT2D eigenvalue weighted by molar-refractivity contribution is 0.0951. The van der Waals surface area contributed by atoms with Crippen LogP contribution in [0.5, 0.6) is 0 Å². The Labute approximate surface area is 164 Å². The maximum absolute atomic E-state index is 13.1. The summed E-state index contributed by atoms with van der Waals surface area (Å²) in [6.45, 7) is 0.267. The molecule has 0 heterocycles. The maximum Gasteiger partial charge on any atom is 0.251 e. The van der Waals surface area contributed by atoms with Gasteiger partial charge in [0.15, 0.2) is 0 Å². The fourth-order valence-electron chi connectivity index (χ4n) is 2.99. The van der Waals surface area contributed by atoms with Crippen LogP contribution in [0.3, 0.4) is 0 Å². The van der Waals surface area contributed by atoms with E-state index in [0.29, 0.717) is 11.6 Å². The minimum Gasteiger partial charge on any atom is -0.349 e. The minimum atomic E-state index is -3.68. The van der Waals surface area contributed by atoms with E-state index in [9.17, 15) is 13.2 Å². The Balaban J connectivity index is 1.53. The maximum atomic E-state index is 13.1.